The Morgan fingerprint density at radius 3 is 2.69 bits per heavy atom. The van der Waals surface area contributed by atoms with Crippen LogP contribution in [-0.4, -0.2) is 33.6 Å². The van der Waals surface area contributed by atoms with Crippen LogP contribution < -0.4 is 14.4 Å². The van der Waals surface area contributed by atoms with Crippen molar-refractivity contribution in [1.29, 1.82) is 0 Å². The zero-order valence-corrected chi connectivity index (χ0v) is 16.3. The Labute approximate surface area is 161 Å². The minimum absolute atomic E-state index is 0.0360. The Hall–Kier alpha value is -1.76. The van der Waals surface area contributed by atoms with E-state index in [0.29, 0.717) is 30.8 Å². The van der Waals surface area contributed by atoms with Crippen molar-refractivity contribution in [3.8, 4) is 5.75 Å². The SMILES string of the molecule is CN1CCOc2ccc(S(=O)(=O)Nc3ncc(C(F)(F)F)cc3I)cc21. The van der Waals surface area contributed by atoms with Crippen LogP contribution in [-0.2, 0) is 16.2 Å². The molecule has 0 atom stereocenters. The lowest BCUT2D eigenvalue weighted by atomic mass is 10.2. The van der Waals surface area contributed by atoms with Crippen LogP contribution in [0.1, 0.15) is 5.56 Å². The maximum Gasteiger partial charge on any atom is 0.417 e. The van der Waals surface area contributed by atoms with Gasteiger partial charge in [-0.1, -0.05) is 0 Å². The highest BCUT2D eigenvalue weighted by Gasteiger charge is 2.32. The van der Waals surface area contributed by atoms with E-state index in [2.05, 4.69) is 9.71 Å². The molecule has 0 unspecified atom stereocenters. The smallest absolute Gasteiger partial charge is 0.417 e. The summed E-state index contributed by atoms with van der Waals surface area (Å²) < 4.78 is 71.0. The number of nitrogens with one attached hydrogen (secondary N) is 1. The van der Waals surface area contributed by atoms with Crippen molar-refractivity contribution in [2.75, 3.05) is 29.8 Å². The molecule has 1 aromatic carbocycles. The van der Waals surface area contributed by atoms with Crippen LogP contribution in [0.4, 0.5) is 24.7 Å². The molecule has 2 heterocycles. The number of pyridine rings is 1. The summed E-state index contributed by atoms with van der Waals surface area (Å²) in [5.74, 6) is 0.404. The van der Waals surface area contributed by atoms with E-state index < -0.39 is 21.8 Å². The normalized spacial score (nSPS) is 14.6. The second-order valence-corrected chi connectivity index (χ2v) is 8.40. The lowest BCUT2D eigenvalue weighted by Crippen LogP contribution is -2.29. The Morgan fingerprint density at radius 2 is 2.04 bits per heavy atom. The van der Waals surface area contributed by atoms with Crippen LogP contribution in [0.15, 0.2) is 35.4 Å². The van der Waals surface area contributed by atoms with Gasteiger partial charge in [0.1, 0.15) is 12.4 Å². The van der Waals surface area contributed by atoms with Crippen molar-refractivity contribution in [3.05, 3.63) is 39.6 Å². The van der Waals surface area contributed by atoms with E-state index in [0.717, 1.165) is 6.07 Å². The summed E-state index contributed by atoms with van der Waals surface area (Å²) >= 11 is 1.61. The summed E-state index contributed by atoms with van der Waals surface area (Å²) in [6.45, 7) is 1.11. The van der Waals surface area contributed by atoms with Gasteiger partial charge in [-0.2, -0.15) is 13.2 Å². The zero-order chi connectivity index (χ0) is 19.1. The van der Waals surface area contributed by atoms with Gasteiger partial charge in [0, 0.05) is 13.2 Å². The van der Waals surface area contributed by atoms with E-state index in [4.69, 9.17) is 4.74 Å². The van der Waals surface area contributed by atoms with Gasteiger partial charge in [-0.25, -0.2) is 13.4 Å². The van der Waals surface area contributed by atoms with Crippen LogP contribution in [0.2, 0.25) is 0 Å². The van der Waals surface area contributed by atoms with Gasteiger partial charge in [-0.3, -0.25) is 4.72 Å². The summed E-state index contributed by atoms with van der Waals surface area (Å²) in [5.41, 5.74) is -0.327. The van der Waals surface area contributed by atoms with Gasteiger partial charge < -0.3 is 9.64 Å². The number of benzene rings is 1. The van der Waals surface area contributed by atoms with Gasteiger partial charge in [-0.05, 0) is 46.9 Å². The molecule has 26 heavy (non-hydrogen) atoms. The Morgan fingerprint density at radius 1 is 1.31 bits per heavy atom. The number of hydrogen-bond donors (Lipinski definition) is 1. The third kappa shape index (κ3) is 3.82. The number of nitrogens with zero attached hydrogens (tertiary/aromatic N) is 2. The molecule has 1 aliphatic rings. The van der Waals surface area contributed by atoms with Crippen molar-refractivity contribution in [2.45, 2.75) is 11.1 Å². The van der Waals surface area contributed by atoms with E-state index in [1.54, 1.807) is 28.7 Å². The molecule has 0 radical (unpaired) electrons. The molecule has 3 rings (SSSR count). The number of fused-ring (bicyclic) bond motifs is 1. The summed E-state index contributed by atoms with van der Waals surface area (Å²) in [4.78, 5) is 5.43. The summed E-state index contributed by atoms with van der Waals surface area (Å²) in [6.07, 6.45) is -3.96. The molecule has 0 bridgehead atoms. The molecule has 0 aliphatic carbocycles. The minimum atomic E-state index is -4.55. The molecule has 0 amide bonds. The molecule has 0 fully saturated rings. The highest BCUT2D eigenvalue weighted by molar-refractivity contribution is 14.1. The second-order valence-electron chi connectivity index (χ2n) is 5.56. The largest absolute Gasteiger partial charge is 0.490 e. The Bertz CT molecular complexity index is 951. The van der Waals surface area contributed by atoms with Gasteiger partial charge in [0.25, 0.3) is 10.0 Å². The highest BCUT2D eigenvalue weighted by atomic mass is 127. The van der Waals surface area contributed by atoms with Crippen molar-refractivity contribution < 1.29 is 26.3 Å². The van der Waals surface area contributed by atoms with Crippen molar-refractivity contribution >= 4 is 44.1 Å². The predicted octanol–water partition coefficient (Wildman–Crippen LogP) is 3.33. The Balaban J connectivity index is 1.91. The van der Waals surface area contributed by atoms with E-state index in [1.165, 1.54) is 12.1 Å². The van der Waals surface area contributed by atoms with Gasteiger partial charge in [0.2, 0.25) is 0 Å². The summed E-state index contributed by atoms with van der Waals surface area (Å²) in [5, 5.41) is 0. The minimum Gasteiger partial charge on any atom is -0.490 e. The monoisotopic (exact) mass is 499 g/mol. The molecular weight excluding hydrogens is 486 g/mol. The first kappa shape index (κ1) is 19.0. The molecule has 0 saturated heterocycles. The molecule has 11 heteroatoms. The summed E-state index contributed by atoms with van der Waals surface area (Å²) in [7, 11) is -2.21. The molecule has 1 aliphatic heterocycles. The standard InChI is InChI=1S/C15H13F3IN3O3S/c1-22-4-5-25-13-3-2-10(7-12(13)22)26(23,24)21-14-11(19)6-9(8-20-14)15(16,17)18/h2-3,6-8H,4-5H2,1H3,(H,20,21). The number of hydrogen-bond acceptors (Lipinski definition) is 5. The average molecular weight is 499 g/mol. The zero-order valence-electron chi connectivity index (χ0n) is 13.3. The first-order chi connectivity index (χ1) is 12.1. The van der Waals surface area contributed by atoms with Gasteiger partial charge in [0.15, 0.2) is 5.82 Å². The fourth-order valence-electron chi connectivity index (χ4n) is 2.35. The number of likely N-dealkylation sites (N-methyl/N-ethyl adjacent to an activating group) is 1. The van der Waals surface area contributed by atoms with E-state index >= 15 is 0 Å². The maximum absolute atomic E-state index is 12.7. The number of alkyl halides is 3. The molecule has 2 aromatic rings. The van der Waals surface area contributed by atoms with E-state index in [1.807, 2.05) is 11.9 Å². The first-order valence-corrected chi connectivity index (χ1v) is 9.88. The predicted molar refractivity (Wildman–Crippen MR) is 98.0 cm³/mol. The summed E-state index contributed by atoms with van der Waals surface area (Å²) in [6, 6.07) is 5.20. The van der Waals surface area contributed by atoms with E-state index in [-0.39, 0.29) is 14.3 Å². The van der Waals surface area contributed by atoms with Gasteiger partial charge >= 0.3 is 6.18 Å². The van der Waals surface area contributed by atoms with Crippen LogP contribution in [0.25, 0.3) is 0 Å². The average Bonchev–Trinajstić information content (AvgIpc) is 2.55. The number of anilines is 2. The quantitative estimate of drug-likeness (QED) is 0.657. The molecule has 140 valence electrons. The van der Waals surface area contributed by atoms with Crippen molar-refractivity contribution in [1.82, 2.24) is 4.98 Å². The van der Waals surface area contributed by atoms with Crippen LogP contribution in [0.3, 0.4) is 0 Å². The third-order valence-corrected chi connectivity index (χ3v) is 5.89. The van der Waals surface area contributed by atoms with Gasteiger partial charge in [0.05, 0.1) is 26.3 Å². The highest BCUT2D eigenvalue weighted by Crippen LogP contribution is 2.34. The number of sulfonamides is 1. The van der Waals surface area contributed by atoms with Crippen molar-refractivity contribution in [3.63, 3.8) is 0 Å². The van der Waals surface area contributed by atoms with Crippen LogP contribution in [0.5, 0.6) is 5.75 Å². The number of aromatic nitrogens is 1. The fourth-order valence-corrected chi connectivity index (χ4v) is 4.19. The third-order valence-electron chi connectivity index (χ3n) is 3.74. The fraction of sp³-hybridized carbons (Fsp3) is 0.267. The molecule has 0 saturated carbocycles. The topological polar surface area (TPSA) is 71.5 Å². The lowest BCUT2D eigenvalue weighted by molar-refractivity contribution is -0.137. The lowest BCUT2D eigenvalue weighted by Gasteiger charge is -2.28. The molecule has 0 spiro atoms. The van der Waals surface area contributed by atoms with Crippen LogP contribution >= 0.6 is 22.6 Å². The van der Waals surface area contributed by atoms with Crippen LogP contribution in [0, 0.1) is 3.57 Å². The molecule has 1 N–H and O–H groups in total. The maximum atomic E-state index is 12.7. The second kappa shape index (κ2) is 6.76. The molecular formula is C15H13F3IN3O3S. The molecule has 6 nitrogen and oxygen atoms in total. The first-order valence-electron chi connectivity index (χ1n) is 7.31. The number of ether oxygens (including phenoxy) is 1. The number of halogens is 4. The van der Waals surface area contributed by atoms with Gasteiger partial charge in [-0.15, -0.1) is 0 Å². The van der Waals surface area contributed by atoms with E-state index in [9.17, 15) is 21.6 Å². The van der Waals surface area contributed by atoms with Crippen molar-refractivity contribution in [2.24, 2.45) is 0 Å². The molecule has 1 aromatic heterocycles. The Kier molecular flexibility index (Phi) is 4.94. The number of rotatable bonds is 3.